The van der Waals surface area contributed by atoms with Gasteiger partial charge in [0.15, 0.2) is 5.78 Å². The SMILES string of the molecule is Cc1c(C(=O)C2CCCCN2)c2cc(Br)ccc2n1C. The lowest BCUT2D eigenvalue weighted by Crippen LogP contribution is -2.40. The van der Waals surface area contributed by atoms with Crippen LogP contribution < -0.4 is 5.32 Å². The van der Waals surface area contributed by atoms with Crippen molar-refractivity contribution in [1.82, 2.24) is 9.88 Å². The number of nitrogens with zero attached hydrogens (tertiary/aromatic N) is 1. The first-order valence-corrected chi connectivity index (χ1v) is 7.91. The molecule has 1 fully saturated rings. The minimum atomic E-state index is -0.0213. The maximum absolute atomic E-state index is 12.9. The molecule has 1 aliphatic heterocycles. The first kappa shape index (κ1) is 13.8. The Labute approximate surface area is 127 Å². The van der Waals surface area contributed by atoms with E-state index in [1.54, 1.807) is 0 Å². The van der Waals surface area contributed by atoms with Gasteiger partial charge in [0.05, 0.1) is 6.04 Å². The van der Waals surface area contributed by atoms with Crippen LogP contribution in [-0.4, -0.2) is 22.9 Å². The minimum Gasteiger partial charge on any atom is -0.347 e. The first-order valence-electron chi connectivity index (χ1n) is 7.11. The highest BCUT2D eigenvalue weighted by molar-refractivity contribution is 9.10. The monoisotopic (exact) mass is 334 g/mol. The Bertz CT molecular complexity index is 669. The Morgan fingerprint density at radius 1 is 1.40 bits per heavy atom. The molecule has 1 N–H and O–H groups in total. The van der Waals surface area contributed by atoms with E-state index in [0.717, 1.165) is 46.0 Å². The normalized spacial score (nSPS) is 19.4. The van der Waals surface area contributed by atoms with Gasteiger partial charge in [-0.05, 0) is 44.5 Å². The summed E-state index contributed by atoms with van der Waals surface area (Å²) in [6.45, 7) is 2.98. The number of aryl methyl sites for hydroxylation is 1. The third-order valence-corrected chi connectivity index (χ3v) is 4.82. The van der Waals surface area contributed by atoms with Crippen molar-refractivity contribution in [3.63, 3.8) is 0 Å². The third kappa shape index (κ3) is 2.21. The summed E-state index contributed by atoms with van der Waals surface area (Å²) in [5.74, 6) is 0.242. The smallest absolute Gasteiger partial charge is 0.182 e. The highest BCUT2D eigenvalue weighted by Gasteiger charge is 2.26. The van der Waals surface area contributed by atoms with E-state index in [2.05, 4.69) is 37.9 Å². The zero-order valence-corrected chi connectivity index (χ0v) is 13.5. The average Bonchev–Trinajstić information content (AvgIpc) is 2.71. The number of halogens is 1. The van der Waals surface area contributed by atoms with Crippen LogP contribution in [0.2, 0.25) is 0 Å². The topological polar surface area (TPSA) is 34.0 Å². The number of carbonyl (C=O) groups excluding carboxylic acids is 1. The van der Waals surface area contributed by atoms with E-state index in [1.807, 2.05) is 20.0 Å². The fourth-order valence-corrected chi connectivity index (χ4v) is 3.47. The van der Waals surface area contributed by atoms with Crippen molar-refractivity contribution in [2.45, 2.75) is 32.2 Å². The second kappa shape index (κ2) is 5.34. The number of rotatable bonds is 2. The lowest BCUT2D eigenvalue weighted by atomic mass is 9.95. The van der Waals surface area contributed by atoms with Crippen LogP contribution >= 0.6 is 15.9 Å². The highest BCUT2D eigenvalue weighted by Crippen LogP contribution is 2.29. The summed E-state index contributed by atoms with van der Waals surface area (Å²) >= 11 is 3.51. The Kier molecular flexibility index (Phi) is 3.69. The lowest BCUT2D eigenvalue weighted by Gasteiger charge is -2.22. The summed E-state index contributed by atoms with van der Waals surface area (Å²) in [5, 5.41) is 4.42. The van der Waals surface area contributed by atoms with E-state index in [-0.39, 0.29) is 11.8 Å². The second-order valence-electron chi connectivity index (χ2n) is 5.55. The van der Waals surface area contributed by atoms with E-state index >= 15 is 0 Å². The third-order valence-electron chi connectivity index (χ3n) is 4.33. The van der Waals surface area contributed by atoms with Crippen LogP contribution in [0.4, 0.5) is 0 Å². The molecule has 3 rings (SSSR count). The Balaban J connectivity index is 2.12. The Morgan fingerprint density at radius 3 is 2.90 bits per heavy atom. The molecule has 3 nitrogen and oxygen atoms in total. The fraction of sp³-hybridized carbons (Fsp3) is 0.438. The van der Waals surface area contributed by atoms with Crippen molar-refractivity contribution >= 4 is 32.6 Å². The van der Waals surface area contributed by atoms with Crippen molar-refractivity contribution < 1.29 is 4.79 Å². The summed E-state index contributed by atoms with van der Waals surface area (Å²) in [7, 11) is 2.02. The zero-order valence-electron chi connectivity index (χ0n) is 11.9. The molecule has 0 bridgehead atoms. The number of fused-ring (bicyclic) bond motifs is 1. The number of piperidine rings is 1. The van der Waals surface area contributed by atoms with Crippen LogP contribution in [0.5, 0.6) is 0 Å². The molecule has 1 aromatic heterocycles. The van der Waals surface area contributed by atoms with Gasteiger partial charge in [-0.15, -0.1) is 0 Å². The molecule has 0 aliphatic carbocycles. The molecule has 4 heteroatoms. The molecule has 0 saturated carbocycles. The molecule has 0 spiro atoms. The van der Waals surface area contributed by atoms with Gasteiger partial charge in [0.2, 0.25) is 0 Å². The van der Waals surface area contributed by atoms with Gasteiger partial charge in [-0.25, -0.2) is 0 Å². The summed E-state index contributed by atoms with van der Waals surface area (Å²) in [4.78, 5) is 12.9. The predicted molar refractivity (Wildman–Crippen MR) is 85.3 cm³/mol. The molecule has 2 aromatic rings. The van der Waals surface area contributed by atoms with Crippen LogP contribution in [0.3, 0.4) is 0 Å². The van der Waals surface area contributed by atoms with Crippen LogP contribution in [0.1, 0.15) is 35.3 Å². The van der Waals surface area contributed by atoms with Gasteiger partial charge in [-0.1, -0.05) is 22.4 Å². The Morgan fingerprint density at radius 2 is 2.20 bits per heavy atom. The molecule has 0 amide bonds. The molecule has 1 saturated heterocycles. The van der Waals surface area contributed by atoms with Gasteiger partial charge < -0.3 is 9.88 Å². The highest BCUT2D eigenvalue weighted by atomic mass is 79.9. The molecular weight excluding hydrogens is 316 g/mol. The molecular formula is C16H19BrN2O. The second-order valence-corrected chi connectivity index (χ2v) is 6.46. The van der Waals surface area contributed by atoms with Gasteiger partial charge in [0.25, 0.3) is 0 Å². The molecule has 106 valence electrons. The van der Waals surface area contributed by atoms with Crippen LogP contribution in [0.25, 0.3) is 10.9 Å². The number of hydrogen-bond acceptors (Lipinski definition) is 2. The van der Waals surface area contributed by atoms with E-state index in [9.17, 15) is 4.79 Å². The van der Waals surface area contributed by atoms with E-state index in [4.69, 9.17) is 0 Å². The fourth-order valence-electron chi connectivity index (χ4n) is 3.11. The number of nitrogens with one attached hydrogen (secondary N) is 1. The van der Waals surface area contributed by atoms with Gasteiger partial charge in [0.1, 0.15) is 0 Å². The van der Waals surface area contributed by atoms with Crippen LogP contribution in [0.15, 0.2) is 22.7 Å². The van der Waals surface area contributed by atoms with Crippen LogP contribution in [0, 0.1) is 6.92 Å². The van der Waals surface area contributed by atoms with Crippen molar-refractivity contribution in [2.75, 3.05) is 6.54 Å². The molecule has 1 atom stereocenters. The summed E-state index contributed by atoms with van der Waals surface area (Å²) in [6, 6.07) is 6.12. The number of benzene rings is 1. The standard InChI is InChI=1S/C16H19BrN2O/c1-10-15(16(20)13-5-3-4-8-18-13)12-9-11(17)6-7-14(12)19(10)2/h6-7,9,13,18H,3-5,8H2,1-2H3. The van der Waals surface area contributed by atoms with Crippen LogP contribution in [-0.2, 0) is 7.05 Å². The van der Waals surface area contributed by atoms with Gasteiger partial charge in [-0.3, -0.25) is 4.79 Å². The van der Waals surface area contributed by atoms with Crippen molar-refractivity contribution in [3.8, 4) is 0 Å². The summed E-state index contributed by atoms with van der Waals surface area (Å²) in [6.07, 6.45) is 3.25. The number of hydrogen-bond donors (Lipinski definition) is 1. The van der Waals surface area contributed by atoms with Gasteiger partial charge in [0, 0.05) is 33.7 Å². The van der Waals surface area contributed by atoms with E-state index < -0.39 is 0 Å². The molecule has 1 aliphatic rings. The van der Waals surface area contributed by atoms with Gasteiger partial charge >= 0.3 is 0 Å². The number of aromatic nitrogens is 1. The average molecular weight is 335 g/mol. The van der Waals surface area contributed by atoms with Gasteiger partial charge in [-0.2, -0.15) is 0 Å². The molecule has 1 unspecified atom stereocenters. The van der Waals surface area contributed by atoms with Crippen molar-refractivity contribution in [2.24, 2.45) is 7.05 Å². The number of ketones is 1. The first-order chi connectivity index (χ1) is 9.59. The maximum atomic E-state index is 12.9. The maximum Gasteiger partial charge on any atom is 0.182 e. The summed E-state index contributed by atoms with van der Waals surface area (Å²) in [5.41, 5.74) is 3.04. The summed E-state index contributed by atoms with van der Waals surface area (Å²) < 4.78 is 3.12. The molecule has 1 aromatic carbocycles. The minimum absolute atomic E-state index is 0.0213. The number of carbonyl (C=O) groups is 1. The van der Waals surface area contributed by atoms with E-state index in [1.165, 1.54) is 6.42 Å². The predicted octanol–water partition coefficient (Wildman–Crippen LogP) is 3.57. The molecule has 2 heterocycles. The van der Waals surface area contributed by atoms with Crippen molar-refractivity contribution in [1.29, 1.82) is 0 Å². The zero-order chi connectivity index (χ0) is 14.3. The van der Waals surface area contributed by atoms with E-state index in [0.29, 0.717) is 0 Å². The lowest BCUT2D eigenvalue weighted by molar-refractivity contribution is 0.0928. The molecule has 20 heavy (non-hydrogen) atoms. The van der Waals surface area contributed by atoms with Crippen molar-refractivity contribution in [3.05, 3.63) is 33.9 Å². The largest absolute Gasteiger partial charge is 0.347 e. The Hall–Kier alpha value is -1.13. The molecule has 0 radical (unpaired) electrons. The number of Topliss-reactive ketones (excluding diaryl/α,β-unsaturated/α-hetero) is 1. The quantitative estimate of drug-likeness (QED) is 0.852.